The highest BCUT2D eigenvalue weighted by molar-refractivity contribution is 5.93. The van der Waals surface area contributed by atoms with Crippen molar-refractivity contribution in [2.75, 3.05) is 17.2 Å². The Balaban J connectivity index is 1.24. The molecule has 0 unspecified atom stereocenters. The molecule has 1 aliphatic carbocycles. The first-order valence-corrected chi connectivity index (χ1v) is 12.6. The van der Waals surface area contributed by atoms with Crippen LogP contribution in [0.5, 0.6) is 11.5 Å². The number of fused-ring (bicyclic) bond motifs is 1. The predicted molar refractivity (Wildman–Crippen MR) is 142 cm³/mol. The Hall–Kier alpha value is -4.28. The fraction of sp³-hybridized carbons (Fsp3) is 0.370. The summed E-state index contributed by atoms with van der Waals surface area (Å²) in [5, 5.41) is 10.5. The summed E-state index contributed by atoms with van der Waals surface area (Å²) in [7, 11) is 0. The second-order valence-corrected chi connectivity index (χ2v) is 10.5. The summed E-state index contributed by atoms with van der Waals surface area (Å²) in [6, 6.07) is 7.68. The van der Waals surface area contributed by atoms with Crippen molar-refractivity contribution >= 4 is 28.6 Å². The van der Waals surface area contributed by atoms with Crippen molar-refractivity contribution in [3.63, 3.8) is 0 Å². The third-order valence-electron chi connectivity index (χ3n) is 6.52. The van der Waals surface area contributed by atoms with Crippen molar-refractivity contribution < 1.29 is 13.9 Å². The summed E-state index contributed by atoms with van der Waals surface area (Å²) >= 11 is 0. The molecular formula is C27H30FN7O3. The van der Waals surface area contributed by atoms with Crippen LogP contribution in [0.4, 0.5) is 15.9 Å². The van der Waals surface area contributed by atoms with Crippen LogP contribution in [0.2, 0.25) is 0 Å². The number of ether oxygens (including phenoxy) is 1. The number of benzene rings is 1. The lowest BCUT2D eigenvalue weighted by molar-refractivity contribution is -0.114. The number of hydrogen-bond donors (Lipinski definition) is 3. The molecule has 3 heterocycles. The Morgan fingerprint density at radius 2 is 2.03 bits per heavy atom. The van der Waals surface area contributed by atoms with Gasteiger partial charge in [-0.25, -0.2) is 19.0 Å². The number of carbonyl (C=O) groups excluding carboxylic acids is 1. The van der Waals surface area contributed by atoms with E-state index in [1.165, 1.54) is 43.7 Å². The minimum absolute atomic E-state index is 0.0320. The number of H-pyrrole nitrogens is 1. The third kappa shape index (κ3) is 5.66. The maximum atomic E-state index is 14.8. The smallest absolute Gasteiger partial charge is 0.268 e. The van der Waals surface area contributed by atoms with Crippen LogP contribution in [-0.4, -0.2) is 37.2 Å². The Morgan fingerprint density at radius 3 is 2.74 bits per heavy atom. The van der Waals surface area contributed by atoms with E-state index in [2.05, 4.69) is 46.4 Å². The molecule has 10 nitrogen and oxygen atoms in total. The summed E-state index contributed by atoms with van der Waals surface area (Å²) in [4.78, 5) is 34.8. The number of pyridine rings is 1. The molecule has 3 N–H and O–H groups in total. The number of carbonyl (C=O) groups is 1. The molecule has 1 aromatic carbocycles. The van der Waals surface area contributed by atoms with E-state index in [0.717, 1.165) is 24.3 Å². The van der Waals surface area contributed by atoms with E-state index in [1.54, 1.807) is 6.07 Å². The van der Waals surface area contributed by atoms with Gasteiger partial charge in [0.15, 0.2) is 11.4 Å². The minimum atomic E-state index is -0.652. The van der Waals surface area contributed by atoms with Gasteiger partial charge in [-0.05, 0) is 30.9 Å². The zero-order valence-electron chi connectivity index (χ0n) is 21.5. The molecule has 0 aliphatic heterocycles. The van der Waals surface area contributed by atoms with E-state index in [0.29, 0.717) is 17.2 Å². The summed E-state index contributed by atoms with van der Waals surface area (Å²) in [6.45, 7) is 7.08. The average Bonchev–Trinajstić information content (AvgIpc) is 3.25. The number of nitrogens with zero attached hydrogens (tertiary/aromatic N) is 4. The number of hydrogen-bond acceptors (Lipinski definition) is 7. The van der Waals surface area contributed by atoms with E-state index >= 15 is 0 Å². The number of anilines is 2. The standard InChI is InChI=1S/C27H30FN7O3/c1-27(2,3)21-12-22(35(34-21)15-16-5-4-6-16)30-13-23(36)32-19-8-7-17(11-18(19)28)38-20-9-10-29-26-25(20)31-14-24(37)33-26/h7-12,14,16,30H,4-6,13,15H2,1-3H3,(H,32,36)(H,29,33,37). The van der Waals surface area contributed by atoms with E-state index < -0.39 is 5.82 Å². The second kappa shape index (κ2) is 10.2. The Bertz CT molecular complexity index is 1540. The number of aromatic nitrogens is 5. The molecule has 0 radical (unpaired) electrons. The fourth-order valence-electron chi connectivity index (χ4n) is 4.14. The topological polar surface area (TPSA) is 127 Å². The van der Waals surface area contributed by atoms with Gasteiger partial charge in [0.2, 0.25) is 5.91 Å². The molecule has 38 heavy (non-hydrogen) atoms. The molecule has 5 rings (SSSR count). The van der Waals surface area contributed by atoms with Gasteiger partial charge >= 0.3 is 0 Å². The van der Waals surface area contributed by atoms with Crippen LogP contribution in [-0.2, 0) is 16.8 Å². The molecule has 1 amide bonds. The number of aromatic amines is 1. The highest BCUT2D eigenvalue weighted by Crippen LogP contribution is 2.31. The van der Waals surface area contributed by atoms with Crippen molar-refractivity contribution in [3.05, 3.63) is 64.6 Å². The van der Waals surface area contributed by atoms with E-state index in [9.17, 15) is 14.0 Å². The van der Waals surface area contributed by atoms with Gasteiger partial charge in [0.25, 0.3) is 5.56 Å². The maximum absolute atomic E-state index is 14.8. The fourth-order valence-corrected chi connectivity index (χ4v) is 4.14. The van der Waals surface area contributed by atoms with Crippen LogP contribution in [0.3, 0.4) is 0 Å². The van der Waals surface area contributed by atoms with Crippen LogP contribution >= 0.6 is 0 Å². The normalized spacial score (nSPS) is 13.8. The van der Waals surface area contributed by atoms with Gasteiger partial charge in [-0.15, -0.1) is 0 Å². The number of amides is 1. The summed E-state index contributed by atoms with van der Waals surface area (Å²) < 4.78 is 22.5. The van der Waals surface area contributed by atoms with Gasteiger partial charge in [-0.3, -0.25) is 9.59 Å². The summed E-state index contributed by atoms with van der Waals surface area (Å²) in [5.41, 5.74) is 1.07. The molecule has 4 aromatic rings. The first-order chi connectivity index (χ1) is 18.2. The number of rotatable bonds is 8. The Kier molecular flexibility index (Phi) is 6.83. The first kappa shape index (κ1) is 25.4. The lowest BCUT2D eigenvalue weighted by Gasteiger charge is -2.26. The van der Waals surface area contributed by atoms with E-state index in [-0.39, 0.29) is 40.5 Å². The molecule has 11 heteroatoms. The van der Waals surface area contributed by atoms with Crippen molar-refractivity contribution in [1.82, 2.24) is 24.7 Å². The Morgan fingerprint density at radius 1 is 1.21 bits per heavy atom. The molecule has 3 aromatic heterocycles. The molecule has 0 atom stereocenters. The van der Waals surface area contributed by atoms with Crippen LogP contribution in [0, 0.1) is 11.7 Å². The van der Waals surface area contributed by atoms with Crippen molar-refractivity contribution in [2.24, 2.45) is 5.92 Å². The van der Waals surface area contributed by atoms with Crippen molar-refractivity contribution in [3.8, 4) is 11.5 Å². The minimum Gasteiger partial charge on any atom is -0.455 e. The molecule has 1 saturated carbocycles. The highest BCUT2D eigenvalue weighted by Gasteiger charge is 2.24. The van der Waals surface area contributed by atoms with E-state index in [4.69, 9.17) is 9.84 Å². The van der Waals surface area contributed by atoms with Gasteiger partial charge in [-0.2, -0.15) is 5.10 Å². The maximum Gasteiger partial charge on any atom is 0.268 e. The van der Waals surface area contributed by atoms with Gasteiger partial charge in [0, 0.05) is 36.4 Å². The Labute approximate surface area is 218 Å². The third-order valence-corrected chi connectivity index (χ3v) is 6.52. The van der Waals surface area contributed by atoms with Crippen LogP contribution < -0.4 is 20.9 Å². The number of nitrogens with one attached hydrogen (secondary N) is 3. The predicted octanol–water partition coefficient (Wildman–Crippen LogP) is 4.59. The molecule has 0 saturated heterocycles. The SMILES string of the molecule is CC(C)(C)c1cc(NCC(=O)Nc2ccc(Oc3ccnc4[nH]c(=O)cnc34)cc2F)n(CC2CCC2)n1. The monoisotopic (exact) mass is 519 g/mol. The van der Waals surface area contributed by atoms with Gasteiger partial charge < -0.3 is 20.4 Å². The zero-order valence-corrected chi connectivity index (χ0v) is 21.5. The molecule has 0 bridgehead atoms. The molecule has 1 aliphatic rings. The largest absolute Gasteiger partial charge is 0.455 e. The van der Waals surface area contributed by atoms with Crippen molar-refractivity contribution in [2.45, 2.75) is 52.0 Å². The van der Waals surface area contributed by atoms with Gasteiger partial charge in [-0.1, -0.05) is 27.2 Å². The highest BCUT2D eigenvalue weighted by atomic mass is 19.1. The lowest BCUT2D eigenvalue weighted by atomic mass is 9.85. The first-order valence-electron chi connectivity index (χ1n) is 12.6. The molecule has 0 spiro atoms. The van der Waals surface area contributed by atoms with Gasteiger partial charge in [0.05, 0.1) is 24.1 Å². The van der Waals surface area contributed by atoms with Crippen molar-refractivity contribution in [1.29, 1.82) is 0 Å². The van der Waals surface area contributed by atoms with Crippen LogP contribution in [0.1, 0.15) is 45.7 Å². The summed E-state index contributed by atoms with van der Waals surface area (Å²) in [6.07, 6.45) is 6.20. The zero-order chi connectivity index (χ0) is 26.9. The lowest BCUT2D eigenvalue weighted by Crippen LogP contribution is -2.25. The van der Waals surface area contributed by atoms with E-state index in [1.807, 2.05) is 10.7 Å². The quantitative estimate of drug-likeness (QED) is 0.311. The van der Waals surface area contributed by atoms with Crippen LogP contribution in [0.25, 0.3) is 11.2 Å². The average molecular weight is 520 g/mol. The van der Waals surface area contributed by atoms with Gasteiger partial charge in [0.1, 0.15) is 22.9 Å². The molecule has 1 fully saturated rings. The number of halogens is 1. The second-order valence-electron chi connectivity index (χ2n) is 10.5. The van der Waals surface area contributed by atoms with Crippen LogP contribution in [0.15, 0.2) is 47.5 Å². The molecule has 198 valence electrons. The molecular weight excluding hydrogens is 489 g/mol. The summed E-state index contributed by atoms with van der Waals surface area (Å²) in [5.74, 6) is 0.851.